The lowest BCUT2D eigenvalue weighted by molar-refractivity contribution is 0.726. The van der Waals surface area contributed by atoms with Gasteiger partial charge in [0, 0.05) is 32.4 Å². The summed E-state index contributed by atoms with van der Waals surface area (Å²) in [5.41, 5.74) is 2.42. The first-order chi connectivity index (χ1) is 12.8. The normalized spacial score (nSPS) is 15.6. The van der Waals surface area contributed by atoms with Crippen molar-refractivity contribution in [2.45, 2.75) is 45.7 Å². The molecule has 0 spiro atoms. The fraction of sp³-hybridized carbons (Fsp3) is 0.500. The highest BCUT2D eigenvalue weighted by Gasteiger charge is 2.10. The van der Waals surface area contributed by atoms with Gasteiger partial charge in [0.2, 0.25) is 0 Å². The van der Waals surface area contributed by atoms with Crippen molar-refractivity contribution in [1.82, 2.24) is 15.6 Å². The van der Waals surface area contributed by atoms with Crippen LogP contribution >= 0.6 is 11.3 Å². The fourth-order valence-electron chi connectivity index (χ4n) is 3.09. The van der Waals surface area contributed by atoms with Crippen LogP contribution in [0, 0.1) is 0 Å². The van der Waals surface area contributed by atoms with Crippen LogP contribution in [-0.2, 0) is 13.1 Å². The summed E-state index contributed by atoms with van der Waals surface area (Å²) in [6.07, 6.45) is 7.22. The van der Waals surface area contributed by atoms with Crippen molar-refractivity contribution >= 4 is 23.1 Å². The number of guanidine groups is 1. The first-order valence-corrected chi connectivity index (χ1v) is 10.5. The van der Waals surface area contributed by atoms with Crippen molar-refractivity contribution in [2.24, 2.45) is 4.99 Å². The Bertz CT molecular complexity index is 658. The average molecular weight is 372 g/mol. The third-order valence-electron chi connectivity index (χ3n) is 4.54. The lowest BCUT2D eigenvalue weighted by Crippen LogP contribution is -2.36. The molecule has 0 aliphatic carbocycles. The minimum absolute atomic E-state index is 0.699. The maximum atomic E-state index is 4.68. The summed E-state index contributed by atoms with van der Waals surface area (Å²) in [5, 5.41) is 10.9. The van der Waals surface area contributed by atoms with Crippen molar-refractivity contribution in [2.75, 3.05) is 24.5 Å². The molecular formula is C20H29N5S. The molecule has 0 atom stereocenters. The molecule has 5 nitrogen and oxygen atoms in total. The number of nitrogens with zero attached hydrogens (tertiary/aromatic N) is 3. The summed E-state index contributed by atoms with van der Waals surface area (Å²) < 4.78 is 0. The fourth-order valence-corrected chi connectivity index (χ4v) is 3.75. The van der Waals surface area contributed by atoms with E-state index in [2.05, 4.69) is 61.4 Å². The van der Waals surface area contributed by atoms with Crippen molar-refractivity contribution in [3.05, 3.63) is 46.3 Å². The Morgan fingerprint density at radius 3 is 2.62 bits per heavy atom. The summed E-state index contributed by atoms with van der Waals surface area (Å²) >= 11 is 1.71. The molecule has 6 heteroatoms. The van der Waals surface area contributed by atoms with Crippen molar-refractivity contribution < 1.29 is 0 Å². The van der Waals surface area contributed by atoms with Gasteiger partial charge in [-0.25, -0.2) is 9.98 Å². The van der Waals surface area contributed by atoms with Gasteiger partial charge in [-0.15, -0.1) is 0 Å². The summed E-state index contributed by atoms with van der Waals surface area (Å²) in [4.78, 5) is 11.7. The Morgan fingerprint density at radius 2 is 1.96 bits per heavy atom. The van der Waals surface area contributed by atoms with Crippen molar-refractivity contribution in [1.29, 1.82) is 0 Å². The van der Waals surface area contributed by atoms with Gasteiger partial charge in [-0.3, -0.25) is 0 Å². The zero-order valence-corrected chi connectivity index (χ0v) is 16.4. The van der Waals surface area contributed by atoms with Crippen LogP contribution in [0.2, 0.25) is 0 Å². The molecule has 3 rings (SSSR count). The molecular weight excluding hydrogens is 342 g/mol. The number of nitrogens with one attached hydrogen (secondary N) is 2. The first-order valence-electron chi connectivity index (χ1n) is 9.58. The molecule has 1 aliphatic rings. The largest absolute Gasteiger partial charge is 0.357 e. The minimum Gasteiger partial charge on any atom is -0.357 e. The molecule has 1 aliphatic heterocycles. The number of rotatable bonds is 6. The summed E-state index contributed by atoms with van der Waals surface area (Å²) in [6.45, 7) is 6.61. The number of aliphatic imine (C=N–C) groups is 1. The second-order valence-corrected chi connectivity index (χ2v) is 7.39. The number of anilines is 1. The number of hydrogen-bond acceptors (Lipinski definition) is 4. The van der Waals surface area contributed by atoms with Gasteiger partial charge in [-0.2, -0.15) is 11.3 Å². The monoisotopic (exact) mass is 371 g/mol. The summed E-state index contributed by atoms with van der Waals surface area (Å²) in [5.74, 6) is 1.95. The third-order valence-corrected chi connectivity index (χ3v) is 5.28. The molecule has 26 heavy (non-hydrogen) atoms. The lowest BCUT2D eigenvalue weighted by atomic mass is 10.2. The molecule has 0 saturated carbocycles. The number of aromatic nitrogens is 1. The highest BCUT2D eigenvalue weighted by Crippen LogP contribution is 2.17. The van der Waals surface area contributed by atoms with Gasteiger partial charge in [0.05, 0.1) is 6.54 Å². The molecule has 1 fully saturated rings. The predicted octanol–water partition coefficient (Wildman–Crippen LogP) is 3.78. The third kappa shape index (κ3) is 5.73. The van der Waals surface area contributed by atoms with E-state index in [4.69, 9.17) is 0 Å². The molecule has 0 amide bonds. The van der Waals surface area contributed by atoms with Crippen LogP contribution in [0.4, 0.5) is 5.82 Å². The zero-order chi connectivity index (χ0) is 18.0. The minimum atomic E-state index is 0.699. The SMILES string of the molecule is CCNC(=NCc1ccsc1)NCc1ccc(N2CCCCCC2)nc1. The molecule has 0 radical (unpaired) electrons. The Labute approximate surface area is 160 Å². The van der Waals surface area contributed by atoms with Gasteiger partial charge < -0.3 is 15.5 Å². The Balaban J connectivity index is 1.54. The first kappa shape index (κ1) is 18.7. The van der Waals surface area contributed by atoms with Crippen LogP contribution in [0.3, 0.4) is 0 Å². The van der Waals surface area contributed by atoms with E-state index in [0.717, 1.165) is 38.0 Å². The quantitative estimate of drug-likeness (QED) is 0.599. The molecule has 2 aromatic rings. The maximum Gasteiger partial charge on any atom is 0.191 e. The topological polar surface area (TPSA) is 52.6 Å². The van der Waals surface area contributed by atoms with Crippen molar-refractivity contribution in [3.63, 3.8) is 0 Å². The van der Waals surface area contributed by atoms with Crippen LogP contribution in [0.1, 0.15) is 43.7 Å². The van der Waals surface area contributed by atoms with E-state index in [-0.39, 0.29) is 0 Å². The second kappa shape index (κ2) is 10.2. The second-order valence-electron chi connectivity index (χ2n) is 6.61. The van der Waals surface area contributed by atoms with E-state index in [9.17, 15) is 0 Å². The molecule has 0 bridgehead atoms. The summed E-state index contributed by atoms with van der Waals surface area (Å²) in [6, 6.07) is 6.43. The lowest BCUT2D eigenvalue weighted by Gasteiger charge is -2.21. The van der Waals surface area contributed by atoms with E-state index in [1.807, 2.05) is 6.20 Å². The van der Waals surface area contributed by atoms with Gasteiger partial charge >= 0.3 is 0 Å². The highest BCUT2D eigenvalue weighted by molar-refractivity contribution is 7.07. The molecule has 3 heterocycles. The molecule has 140 valence electrons. The van der Waals surface area contributed by atoms with Crippen LogP contribution < -0.4 is 15.5 Å². The van der Waals surface area contributed by atoms with E-state index < -0.39 is 0 Å². The van der Waals surface area contributed by atoms with Crippen LogP contribution in [0.5, 0.6) is 0 Å². The van der Waals surface area contributed by atoms with Gasteiger partial charge in [0.15, 0.2) is 5.96 Å². The van der Waals surface area contributed by atoms with Gasteiger partial charge in [-0.05, 0) is 53.8 Å². The predicted molar refractivity (Wildman–Crippen MR) is 111 cm³/mol. The number of thiophene rings is 1. The van der Waals surface area contributed by atoms with Gasteiger partial charge in [0.25, 0.3) is 0 Å². The Hall–Kier alpha value is -2.08. The van der Waals surface area contributed by atoms with Crippen molar-refractivity contribution in [3.8, 4) is 0 Å². The number of pyridine rings is 1. The molecule has 0 aromatic carbocycles. The standard InChI is InChI=1S/C20H29N5S/c1-2-21-20(24-15-18-9-12-26-16-18)23-14-17-7-8-19(22-13-17)25-10-5-3-4-6-11-25/h7-9,12-13,16H,2-6,10-11,14-15H2,1H3,(H2,21,23,24). The van der Waals surface area contributed by atoms with Crippen LogP contribution in [0.25, 0.3) is 0 Å². The van der Waals surface area contributed by atoms with Crippen LogP contribution in [-0.4, -0.2) is 30.6 Å². The van der Waals surface area contributed by atoms with Crippen LogP contribution in [0.15, 0.2) is 40.1 Å². The molecule has 2 N–H and O–H groups in total. The van der Waals surface area contributed by atoms with E-state index in [1.165, 1.54) is 36.8 Å². The van der Waals surface area contributed by atoms with Gasteiger partial charge in [0.1, 0.15) is 5.82 Å². The zero-order valence-electron chi connectivity index (χ0n) is 15.6. The molecule has 1 saturated heterocycles. The van der Waals surface area contributed by atoms with E-state index in [1.54, 1.807) is 11.3 Å². The Morgan fingerprint density at radius 1 is 1.12 bits per heavy atom. The van der Waals surface area contributed by atoms with Gasteiger partial charge in [-0.1, -0.05) is 18.9 Å². The number of hydrogen-bond donors (Lipinski definition) is 2. The van der Waals surface area contributed by atoms with E-state index >= 15 is 0 Å². The average Bonchev–Trinajstić information content (AvgIpc) is 3.05. The molecule has 2 aromatic heterocycles. The smallest absolute Gasteiger partial charge is 0.191 e. The Kier molecular flexibility index (Phi) is 7.31. The maximum absolute atomic E-state index is 4.68. The van der Waals surface area contributed by atoms with E-state index in [0.29, 0.717) is 6.54 Å². The highest BCUT2D eigenvalue weighted by atomic mass is 32.1. The summed E-state index contributed by atoms with van der Waals surface area (Å²) in [7, 11) is 0. The molecule has 0 unspecified atom stereocenters.